The van der Waals surface area contributed by atoms with E-state index in [-0.39, 0.29) is 22.0 Å². The Balaban J connectivity index is 1.85. The fourth-order valence-corrected chi connectivity index (χ4v) is 4.36. The molecule has 5 nitrogen and oxygen atoms in total. The number of hydrogen-bond acceptors (Lipinski definition) is 5. The van der Waals surface area contributed by atoms with Crippen LogP contribution in [0.5, 0.6) is 5.75 Å². The Morgan fingerprint density at radius 1 is 1.03 bits per heavy atom. The summed E-state index contributed by atoms with van der Waals surface area (Å²) in [5, 5.41) is 5.59. The molecule has 1 aliphatic heterocycles. The second-order valence-corrected chi connectivity index (χ2v) is 8.39. The Bertz CT molecular complexity index is 1190. The van der Waals surface area contributed by atoms with Crippen LogP contribution in [0.25, 0.3) is 5.57 Å². The number of methoxy groups -OCH3 is 1. The SMILES string of the molecule is COc1ccc(C)cc1NC1=C(c2cccs2)C(=O)N(c2cc(Cl)ccc2Cl)C1=O. The highest BCUT2D eigenvalue weighted by Crippen LogP contribution is 2.40. The molecule has 4 rings (SSSR count). The van der Waals surface area contributed by atoms with E-state index in [9.17, 15) is 9.59 Å². The fourth-order valence-electron chi connectivity index (χ4n) is 3.23. The molecule has 0 spiro atoms. The molecule has 0 fully saturated rings. The molecule has 0 saturated carbocycles. The van der Waals surface area contributed by atoms with E-state index in [0.29, 0.717) is 21.3 Å². The van der Waals surface area contributed by atoms with E-state index in [4.69, 9.17) is 27.9 Å². The maximum atomic E-state index is 13.4. The molecular formula is C22H16Cl2N2O3S. The summed E-state index contributed by atoms with van der Waals surface area (Å²) in [4.78, 5) is 28.5. The first-order valence-corrected chi connectivity index (χ1v) is 10.6. The summed E-state index contributed by atoms with van der Waals surface area (Å²) < 4.78 is 5.41. The number of nitrogens with one attached hydrogen (secondary N) is 1. The lowest BCUT2D eigenvalue weighted by Gasteiger charge is -2.17. The van der Waals surface area contributed by atoms with Crippen LogP contribution in [-0.2, 0) is 9.59 Å². The number of anilines is 2. The highest BCUT2D eigenvalue weighted by molar-refractivity contribution is 7.11. The summed E-state index contributed by atoms with van der Waals surface area (Å²) in [5.74, 6) is -0.435. The molecule has 1 aliphatic rings. The van der Waals surface area contributed by atoms with Crippen molar-refractivity contribution in [1.82, 2.24) is 0 Å². The van der Waals surface area contributed by atoms with E-state index in [2.05, 4.69) is 5.32 Å². The van der Waals surface area contributed by atoms with Crippen molar-refractivity contribution < 1.29 is 14.3 Å². The summed E-state index contributed by atoms with van der Waals surface area (Å²) >= 11 is 13.8. The van der Waals surface area contributed by atoms with Gasteiger partial charge < -0.3 is 10.1 Å². The summed E-state index contributed by atoms with van der Waals surface area (Å²) in [5.41, 5.74) is 2.23. The molecule has 2 heterocycles. The van der Waals surface area contributed by atoms with Crippen molar-refractivity contribution in [3.05, 3.63) is 80.1 Å². The first kappa shape index (κ1) is 20.5. The molecule has 1 aromatic heterocycles. The summed E-state index contributed by atoms with van der Waals surface area (Å²) in [6, 6.07) is 13.8. The van der Waals surface area contributed by atoms with Crippen LogP contribution in [-0.4, -0.2) is 18.9 Å². The molecule has 2 aromatic carbocycles. The van der Waals surface area contributed by atoms with Gasteiger partial charge in [-0.05, 0) is 54.3 Å². The lowest BCUT2D eigenvalue weighted by Crippen LogP contribution is -2.32. The highest BCUT2D eigenvalue weighted by Gasteiger charge is 2.41. The monoisotopic (exact) mass is 458 g/mol. The number of rotatable bonds is 5. The number of amides is 2. The van der Waals surface area contributed by atoms with Gasteiger partial charge in [0.05, 0.1) is 29.1 Å². The number of ether oxygens (including phenoxy) is 1. The normalized spacial score (nSPS) is 13.9. The van der Waals surface area contributed by atoms with Crippen LogP contribution < -0.4 is 15.0 Å². The fraction of sp³-hybridized carbons (Fsp3) is 0.0909. The van der Waals surface area contributed by atoms with Crippen LogP contribution in [0, 0.1) is 6.92 Å². The van der Waals surface area contributed by atoms with Crippen molar-refractivity contribution >= 4 is 63.3 Å². The van der Waals surface area contributed by atoms with Gasteiger partial charge in [-0.15, -0.1) is 11.3 Å². The first-order valence-electron chi connectivity index (χ1n) is 8.94. The van der Waals surface area contributed by atoms with E-state index >= 15 is 0 Å². The van der Waals surface area contributed by atoms with Crippen LogP contribution in [0.2, 0.25) is 10.0 Å². The average Bonchev–Trinajstić information content (AvgIpc) is 3.31. The molecule has 3 aromatic rings. The zero-order chi connectivity index (χ0) is 21.4. The molecule has 0 atom stereocenters. The molecule has 152 valence electrons. The highest BCUT2D eigenvalue weighted by atomic mass is 35.5. The molecule has 8 heteroatoms. The van der Waals surface area contributed by atoms with Crippen LogP contribution in [0.1, 0.15) is 10.4 Å². The summed E-state index contributed by atoms with van der Waals surface area (Å²) in [6.07, 6.45) is 0. The lowest BCUT2D eigenvalue weighted by molar-refractivity contribution is -0.120. The number of carbonyl (C=O) groups excluding carboxylic acids is 2. The Morgan fingerprint density at radius 3 is 2.53 bits per heavy atom. The van der Waals surface area contributed by atoms with Gasteiger partial charge in [-0.2, -0.15) is 0 Å². The average molecular weight is 459 g/mol. The van der Waals surface area contributed by atoms with Gasteiger partial charge in [0, 0.05) is 9.90 Å². The number of hydrogen-bond donors (Lipinski definition) is 1. The quantitative estimate of drug-likeness (QED) is 0.493. The molecule has 0 bridgehead atoms. The first-order chi connectivity index (χ1) is 14.4. The largest absolute Gasteiger partial charge is 0.495 e. The molecule has 0 saturated heterocycles. The van der Waals surface area contributed by atoms with Crippen molar-refractivity contribution in [2.24, 2.45) is 0 Å². The number of carbonyl (C=O) groups is 2. The minimum Gasteiger partial charge on any atom is -0.495 e. The van der Waals surface area contributed by atoms with E-state index in [1.54, 1.807) is 31.4 Å². The van der Waals surface area contributed by atoms with Crippen molar-refractivity contribution in [2.75, 3.05) is 17.3 Å². The number of benzene rings is 2. The second kappa shape index (κ2) is 8.14. The molecule has 0 radical (unpaired) electrons. The van der Waals surface area contributed by atoms with E-state index in [1.807, 2.05) is 30.5 Å². The number of halogens is 2. The molecule has 30 heavy (non-hydrogen) atoms. The van der Waals surface area contributed by atoms with Crippen LogP contribution in [0.15, 0.2) is 59.6 Å². The Kier molecular flexibility index (Phi) is 5.56. The van der Waals surface area contributed by atoms with Gasteiger partial charge in [-0.25, -0.2) is 4.90 Å². The molecule has 2 amide bonds. The van der Waals surface area contributed by atoms with Gasteiger partial charge >= 0.3 is 0 Å². The van der Waals surface area contributed by atoms with Gasteiger partial charge in [0.15, 0.2) is 0 Å². The Morgan fingerprint density at radius 2 is 1.83 bits per heavy atom. The van der Waals surface area contributed by atoms with Gasteiger partial charge in [-0.3, -0.25) is 9.59 Å². The Hall–Kier alpha value is -2.80. The minimum atomic E-state index is -0.517. The van der Waals surface area contributed by atoms with E-state index in [1.165, 1.54) is 17.4 Å². The Labute approximate surface area is 187 Å². The van der Waals surface area contributed by atoms with Crippen molar-refractivity contribution in [2.45, 2.75) is 6.92 Å². The summed E-state index contributed by atoms with van der Waals surface area (Å²) in [7, 11) is 1.55. The third kappa shape index (κ3) is 3.58. The van der Waals surface area contributed by atoms with Crippen molar-refractivity contribution in [3.63, 3.8) is 0 Å². The third-order valence-corrected chi connectivity index (χ3v) is 6.06. The van der Waals surface area contributed by atoms with E-state index in [0.717, 1.165) is 10.5 Å². The van der Waals surface area contributed by atoms with Crippen LogP contribution in [0.4, 0.5) is 11.4 Å². The number of imide groups is 1. The van der Waals surface area contributed by atoms with Gasteiger partial charge in [0.25, 0.3) is 11.8 Å². The van der Waals surface area contributed by atoms with Gasteiger partial charge in [-0.1, -0.05) is 35.3 Å². The standard InChI is InChI=1S/C22H16Cl2N2O3S/c1-12-5-8-17(29-2)15(10-12)25-20-19(18-4-3-9-30-18)21(27)26(22(20)28)16-11-13(23)6-7-14(16)24/h3-11,25H,1-2H3. The predicted molar refractivity (Wildman–Crippen MR) is 122 cm³/mol. The van der Waals surface area contributed by atoms with Crippen molar-refractivity contribution in [1.29, 1.82) is 0 Å². The van der Waals surface area contributed by atoms with Crippen LogP contribution in [0.3, 0.4) is 0 Å². The number of aryl methyl sites for hydroxylation is 1. The number of nitrogens with zero attached hydrogens (tertiary/aromatic N) is 1. The third-order valence-electron chi connectivity index (χ3n) is 4.62. The lowest BCUT2D eigenvalue weighted by atomic mass is 10.1. The zero-order valence-electron chi connectivity index (χ0n) is 16.0. The second-order valence-electron chi connectivity index (χ2n) is 6.60. The molecule has 0 unspecified atom stereocenters. The minimum absolute atomic E-state index is 0.155. The number of thiophene rings is 1. The molecule has 0 aliphatic carbocycles. The molecular weight excluding hydrogens is 443 g/mol. The zero-order valence-corrected chi connectivity index (χ0v) is 18.4. The van der Waals surface area contributed by atoms with Gasteiger partial charge in [0.2, 0.25) is 0 Å². The predicted octanol–water partition coefficient (Wildman–Crippen LogP) is 5.77. The maximum absolute atomic E-state index is 13.4. The van der Waals surface area contributed by atoms with E-state index < -0.39 is 11.8 Å². The van der Waals surface area contributed by atoms with Gasteiger partial charge in [0.1, 0.15) is 11.4 Å². The molecule has 1 N–H and O–H groups in total. The summed E-state index contributed by atoms with van der Waals surface area (Å²) in [6.45, 7) is 1.93. The topological polar surface area (TPSA) is 58.6 Å². The smallest absolute Gasteiger partial charge is 0.282 e. The maximum Gasteiger partial charge on any atom is 0.282 e. The van der Waals surface area contributed by atoms with Crippen molar-refractivity contribution in [3.8, 4) is 5.75 Å². The van der Waals surface area contributed by atoms with Crippen LogP contribution >= 0.6 is 34.5 Å².